The van der Waals surface area contributed by atoms with Crippen molar-refractivity contribution in [2.75, 3.05) is 0 Å². The molecule has 0 rings (SSSR count). The van der Waals surface area contributed by atoms with Crippen molar-refractivity contribution >= 4 is 7.92 Å². The van der Waals surface area contributed by atoms with Crippen LogP contribution in [0.25, 0.3) is 0 Å². The second kappa shape index (κ2) is 3.85. The van der Waals surface area contributed by atoms with Crippen LogP contribution in [0.5, 0.6) is 0 Å². The molecule has 0 fully saturated rings. The lowest BCUT2D eigenvalue weighted by molar-refractivity contribution is -0.250. The van der Waals surface area contributed by atoms with Crippen molar-refractivity contribution in [1.29, 1.82) is 0 Å². The van der Waals surface area contributed by atoms with Gasteiger partial charge in [-0.15, -0.1) is 0 Å². The highest BCUT2D eigenvalue weighted by Crippen LogP contribution is 2.75. The van der Waals surface area contributed by atoms with Gasteiger partial charge >= 0.3 is 23.7 Å². The topological polar surface area (TPSA) is 0 Å². The monoisotopic (exact) mass is 288 g/mol. The smallest absolute Gasteiger partial charge is 0.191 e. The van der Waals surface area contributed by atoms with Crippen LogP contribution in [0.2, 0.25) is 0 Å². The molecule has 0 aromatic rings. The summed E-state index contributed by atoms with van der Waals surface area (Å²) in [6.45, 7) is 0. The van der Waals surface area contributed by atoms with Crippen molar-refractivity contribution < 1.29 is 48.3 Å². The van der Waals surface area contributed by atoms with Crippen LogP contribution in [-0.4, -0.2) is 23.7 Å². The lowest BCUT2D eigenvalue weighted by Crippen LogP contribution is -2.42. The van der Waals surface area contributed by atoms with E-state index in [2.05, 4.69) is 0 Å². The molecule has 0 saturated carbocycles. The molecule has 12 heteroatoms. The van der Waals surface area contributed by atoms with Gasteiger partial charge in [-0.1, -0.05) is 0 Å². The number of rotatable bonds is 1. The first-order valence-corrected chi connectivity index (χ1v) is 4.34. The first kappa shape index (κ1) is 15.7. The minimum Gasteiger partial charge on any atom is -0.191 e. The van der Waals surface area contributed by atoms with E-state index in [4.69, 9.17) is 0 Å². The van der Waals surface area contributed by atoms with Crippen molar-refractivity contribution in [3.05, 3.63) is 0 Å². The average Bonchev–Trinajstić information content (AvgIpc) is 1.72. The van der Waals surface area contributed by atoms with Gasteiger partial charge in [-0.3, -0.25) is 0 Å². The van der Waals surface area contributed by atoms with Crippen LogP contribution in [0.15, 0.2) is 0 Å². The highest BCUT2D eigenvalue weighted by Gasteiger charge is 2.78. The summed E-state index contributed by atoms with van der Waals surface area (Å²) in [5, 5.41) is 0. The Labute approximate surface area is 81.2 Å². The Hall–Kier alpha value is -0.340. The summed E-state index contributed by atoms with van der Waals surface area (Å²) in [7, 11) is -6.53. The van der Waals surface area contributed by atoms with Gasteiger partial charge in [0, 0.05) is 0 Å². The van der Waals surface area contributed by atoms with E-state index in [0.29, 0.717) is 0 Å². The molecule has 0 aliphatic heterocycles. The standard InChI is InChI=1S/C4F11P/c5-1(6,7)2(8,9)16(3(10,11)12)4(13,14)15. The number of alkyl halides is 11. The molecule has 0 spiro atoms. The first-order chi connectivity index (χ1) is 6.62. The molecule has 0 bridgehead atoms. The highest BCUT2D eigenvalue weighted by molar-refractivity contribution is 7.61. The Balaban J connectivity index is 5.57. The quantitative estimate of drug-likeness (QED) is 0.486. The van der Waals surface area contributed by atoms with E-state index in [0.717, 1.165) is 0 Å². The summed E-state index contributed by atoms with van der Waals surface area (Å²) in [6.07, 6.45) is -6.91. The van der Waals surface area contributed by atoms with Crippen molar-refractivity contribution in [3.63, 3.8) is 0 Å². The van der Waals surface area contributed by atoms with Crippen molar-refractivity contribution in [2.45, 2.75) is 23.7 Å². The summed E-state index contributed by atoms with van der Waals surface area (Å²) in [5.41, 5.74) is -6.86. The van der Waals surface area contributed by atoms with E-state index in [-0.39, 0.29) is 0 Å². The van der Waals surface area contributed by atoms with E-state index in [1.165, 1.54) is 0 Å². The van der Waals surface area contributed by atoms with Crippen molar-refractivity contribution in [3.8, 4) is 0 Å². The van der Waals surface area contributed by atoms with Gasteiger partial charge < -0.3 is 0 Å². The van der Waals surface area contributed by atoms with E-state index >= 15 is 0 Å². The normalized spacial score (nSPS) is 15.8. The maximum absolute atomic E-state index is 12.1. The van der Waals surface area contributed by atoms with Crippen LogP contribution >= 0.6 is 7.92 Å². The summed E-state index contributed by atoms with van der Waals surface area (Å²) in [4.78, 5) is 0. The summed E-state index contributed by atoms with van der Waals surface area (Å²) >= 11 is 0. The van der Waals surface area contributed by atoms with E-state index in [9.17, 15) is 48.3 Å². The van der Waals surface area contributed by atoms with Crippen molar-refractivity contribution in [2.24, 2.45) is 0 Å². The van der Waals surface area contributed by atoms with Crippen LogP contribution in [0, 0.1) is 0 Å². The molecule has 98 valence electrons. The Kier molecular flexibility index (Phi) is 3.77. The highest BCUT2D eigenvalue weighted by atomic mass is 31.1. The average molecular weight is 288 g/mol. The van der Waals surface area contributed by atoms with Crippen LogP contribution < -0.4 is 0 Å². The maximum atomic E-state index is 12.1. The zero-order valence-corrected chi connectivity index (χ0v) is 7.50. The molecule has 0 aliphatic carbocycles. The lowest BCUT2D eigenvalue weighted by Gasteiger charge is -2.30. The molecule has 16 heavy (non-hydrogen) atoms. The van der Waals surface area contributed by atoms with Gasteiger partial charge in [-0.05, 0) is 0 Å². The first-order valence-electron chi connectivity index (χ1n) is 3.00. The van der Waals surface area contributed by atoms with Gasteiger partial charge in [0.15, 0.2) is 0 Å². The van der Waals surface area contributed by atoms with Gasteiger partial charge in [0.2, 0.25) is 7.92 Å². The predicted octanol–water partition coefficient (Wildman–Crippen LogP) is 4.66. The predicted molar refractivity (Wildman–Crippen MR) is 30.0 cm³/mol. The van der Waals surface area contributed by atoms with Gasteiger partial charge in [0.1, 0.15) is 0 Å². The SMILES string of the molecule is FC(F)(F)P(C(F)(F)F)C(F)(F)C(F)(F)F. The molecule has 0 saturated heterocycles. The van der Waals surface area contributed by atoms with Gasteiger partial charge in [-0.2, -0.15) is 48.3 Å². The molecule has 0 aromatic carbocycles. The Morgan fingerprint density at radius 3 is 0.812 bits per heavy atom. The molecule has 0 nitrogen and oxygen atoms in total. The third kappa shape index (κ3) is 3.08. The van der Waals surface area contributed by atoms with E-state index < -0.39 is 31.6 Å². The van der Waals surface area contributed by atoms with Gasteiger partial charge in [0.25, 0.3) is 0 Å². The molecular weight excluding hydrogens is 288 g/mol. The molecule has 0 amide bonds. The zero-order valence-electron chi connectivity index (χ0n) is 6.60. The number of halogens is 11. The molecule has 0 unspecified atom stereocenters. The van der Waals surface area contributed by atoms with Crippen LogP contribution in [0.3, 0.4) is 0 Å². The second-order valence-electron chi connectivity index (χ2n) is 2.31. The van der Waals surface area contributed by atoms with Crippen LogP contribution in [-0.2, 0) is 0 Å². The summed E-state index contributed by atoms with van der Waals surface area (Å²) in [5.74, 6) is -13.4. The molecular formula is C4F11P. The molecule has 0 radical (unpaired) electrons. The third-order valence-corrected chi connectivity index (χ3v) is 2.96. The summed E-state index contributed by atoms with van der Waals surface area (Å²) in [6, 6.07) is 0. The Morgan fingerprint density at radius 2 is 0.750 bits per heavy atom. The number of hydrogen-bond acceptors (Lipinski definition) is 0. The second-order valence-corrected chi connectivity index (χ2v) is 4.56. The molecule has 0 heterocycles. The summed E-state index contributed by atoms with van der Waals surface area (Å²) < 4.78 is 128. The molecule has 0 atom stereocenters. The fourth-order valence-electron chi connectivity index (χ4n) is 0.589. The maximum Gasteiger partial charge on any atom is 0.458 e. The Morgan fingerprint density at radius 1 is 0.500 bits per heavy atom. The van der Waals surface area contributed by atoms with Crippen LogP contribution in [0.1, 0.15) is 0 Å². The van der Waals surface area contributed by atoms with Gasteiger partial charge in [-0.25, -0.2) is 0 Å². The fourth-order valence-corrected chi connectivity index (χ4v) is 1.77. The largest absolute Gasteiger partial charge is 0.458 e. The zero-order chi connectivity index (χ0) is 13.6. The molecule has 0 aliphatic rings. The van der Waals surface area contributed by atoms with Gasteiger partial charge in [0.05, 0.1) is 0 Å². The van der Waals surface area contributed by atoms with Crippen LogP contribution in [0.4, 0.5) is 48.3 Å². The third-order valence-electron chi connectivity index (χ3n) is 1.13. The fraction of sp³-hybridized carbons (Fsp3) is 1.00. The number of hydrogen-bond donors (Lipinski definition) is 0. The minimum absolute atomic E-state index is 6.53. The molecule has 0 aromatic heterocycles. The van der Waals surface area contributed by atoms with E-state index in [1.807, 2.05) is 0 Å². The molecule has 0 N–H and O–H groups in total. The lowest BCUT2D eigenvalue weighted by atomic mass is 10.7. The minimum atomic E-state index is -6.91. The Bertz CT molecular complexity index is 228. The van der Waals surface area contributed by atoms with E-state index in [1.54, 1.807) is 0 Å². The van der Waals surface area contributed by atoms with Crippen molar-refractivity contribution in [1.82, 2.24) is 0 Å².